The average Bonchev–Trinajstić information content (AvgIpc) is 2.86. The Morgan fingerprint density at radius 3 is 2.74 bits per heavy atom. The molecule has 0 amide bonds. The molecule has 0 unspecified atom stereocenters. The Labute approximate surface area is 121 Å². The lowest BCUT2D eigenvalue weighted by Gasteiger charge is -2.29. The SMILES string of the molecule is Cc1csc(-c2cc(N3CCOCC3)cc(Cl)n2)n1. The first-order valence-corrected chi connectivity index (χ1v) is 7.41. The van der Waals surface area contributed by atoms with Crippen molar-refractivity contribution >= 4 is 28.6 Å². The van der Waals surface area contributed by atoms with Gasteiger partial charge in [0.1, 0.15) is 15.9 Å². The minimum Gasteiger partial charge on any atom is -0.378 e. The van der Waals surface area contributed by atoms with Gasteiger partial charge in [0, 0.05) is 29.9 Å². The van der Waals surface area contributed by atoms with Crippen molar-refractivity contribution in [3.8, 4) is 10.7 Å². The summed E-state index contributed by atoms with van der Waals surface area (Å²) in [5, 5.41) is 3.44. The van der Waals surface area contributed by atoms with Crippen molar-refractivity contribution in [2.45, 2.75) is 6.92 Å². The molecule has 2 aromatic heterocycles. The van der Waals surface area contributed by atoms with Gasteiger partial charge in [-0.1, -0.05) is 11.6 Å². The third kappa shape index (κ3) is 2.88. The van der Waals surface area contributed by atoms with Crippen LogP contribution in [0.1, 0.15) is 5.69 Å². The predicted molar refractivity (Wildman–Crippen MR) is 78.1 cm³/mol. The zero-order chi connectivity index (χ0) is 13.2. The zero-order valence-corrected chi connectivity index (χ0v) is 12.2. The van der Waals surface area contributed by atoms with Crippen LogP contribution >= 0.6 is 22.9 Å². The highest BCUT2D eigenvalue weighted by atomic mass is 35.5. The Morgan fingerprint density at radius 2 is 2.05 bits per heavy atom. The van der Waals surface area contributed by atoms with E-state index in [9.17, 15) is 0 Å². The maximum atomic E-state index is 6.13. The summed E-state index contributed by atoms with van der Waals surface area (Å²) in [7, 11) is 0. The summed E-state index contributed by atoms with van der Waals surface area (Å²) in [5.74, 6) is 0. The van der Waals surface area contributed by atoms with Crippen LogP contribution < -0.4 is 4.90 Å². The van der Waals surface area contributed by atoms with E-state index in [0.717, 1.165) is 48.4 Å². The lowest BCUT2D eigenvalue weighted by Crippen LogP contribution is -2.36. The Bertz CT molecular complexity index is 581. The summed E-state index contributed by atoms with van der Waals surface area (Å²) >= 11 is 7.72. The van der Waals surface area contributed by atoms with Crippen LogP contribution in [0.5, 0.6) is 0 Å². The van der Waals surface area contributed by atoms with Crippen LogP contribution in [0.15, 0.2) is 17.5 Å². The van der Waals surface area contributed by atoms with E-state index in [1.54, 1.807) is 11.3 Å². The highest BCUT2D eigenvalue weighted by Crippen LogP contribution is 2.28. The Balaban J connectivity index is 1.95. The minimum atomic E-state index is 0.506. The fraction of sp³-hybridized carbons (Fsp3) is 0.385. The number of thiazole rings is 1. The zero-order valence-electron chi connectivity index (χ0n) is 10.6. The summed E-state index contributed by atoms with van der Waals surface area (Å²) in [6, 6.07) is 3.95. The molecule has 19 heavy (non-hydrogen) atoms. The minimum absolute atomic E-state index is 0.506. The molecule has 0 radical (unpaired) electrons. The lowest BCUT2D eigenvalue weighted by molar-refractivity contribution is 0.122. The van der Waals surface area contributed by atoms with Crippen molar-refractivity contribution in [1.29, 1.82) is 0 Å². The Hall–Kier alpha value is -1.17. The Kier molecular flexibility index (Phi) is 3.68. The monoisotopic (exact) mass is 295 g/mol. The fourth-order valence-corrected chi connectivity index (χ4v) is 3.03. The van der Waals surface area contributed by atoms with E-state index in [1.807, 2.05) is 18.4 Å². The van der Waals surface area contributed by atoms with E-state index in [2.05, 4.69) is 20.9 Å². The molecule has 1 aliphatic rings. The molecular weight excluding hydrogens is 282 g/mol. The summed E-state index contributed by atoms with van der Waals surface area (Å²) in [4.78, 5) is 11.1. The first-order valence-electron chi connectivity index (χ1n) is 6.15. The second-order valence-corrected chi connectivity index (χ2v) is 5.67. The van der Waals surface area contributed by atoms with Gasteiger partial charge in [-0.25, -0.2) is 9.97 Å². The standard InChI is InChI=1S/C13H14ClN3OS/c1-9-8-19-13(15-9)11-6-10(7-12(14)16-11)17-2-4-18-5-3-17/h6-8H,2-5H2,1H3. The number of nitrogens with zero attached hydrogens (tertiary/aromatic N) is 3. The van der Waals surface area contributed by atoms with Crippen LogP contribution in [0, 0.1) is 6.92 Å². The molecule has 6 heteroatoms. The van der Waals surface area contributed by atoms with E-state index in [-0.39, 0.29) is 0 Å². The molecule has 3 heterocycles. The van der Waals surface area contributed by atoms with Crippen LogP contribution in [0.4, 0.5) is 5.69 Å². The van der Waals surface area contributed by atoms with E-state index in [0.29, 0.717) is 5.15 Å². The normalized spacial score (nSPS) is 15.8. The van der Waals surface area contributed by atoms with Crippen LogP contribution in [-0.4, -0.2) is 36.3 Å². The van der Waals surface area contributed by atoms with Gasteiger partial charge in [0.15, 0.2) is 0 Å². The highest BCUT2D eigenvalue weighted by Gasteiger charge is 2.14. The van der Waals surface area contributed by atoms with Gasteiger partial charge in [-0.3, -0.25) is 0 Å². The van der Waals surface area contributed by atoms with Crippen LogP contribution in [-0.2, 0) is 4.74 Å². The smallest absolute Gasteiger partial charge is 0.142 e. The van der Waals surface area contributed by atoms with Gasteiger partial charge >= 0.3 is 0 Å². The van der Waals surface area contributed by atoms with Crippen molar-refractivity contribution in [3.63, 3.8) is 0 Å². The van der Waals surface area contributed by atoms with Crippen molar-refractivity contribution in [2.75, 3.05) is 31.2 Å². The number of hydrogen-bond donors (Lipinski definition) is 0. The molecule has 1 saturated heterocycles. The van der Waals surface area contributed by atoms with E-state index >= 15 is 0 Å². The topological polar surface area (TPSA) is 38.2 Å². The number of rotatable bonds is 2. The number of morpholine rings is 1. The van der Waals surface area contributed by atoms with E-state index < -0.39 is 0 Å². The van der Waals surface area contributed by atoms with E-state index in [4.69, 9.17) is 16.3 Å². The van der Waals surface area contributed by atoms with Crippen molar-refractivity contribution in [3.05, 3.63) is 28.4 Å². The third-order valence-corrected chi connectivity index (χ3v) is 4.17. The number of aromatic nitrogens is 2. The number of ether oxygens (including phenoxy) is 1. The molecule has 0 aromatic carbocycles. The van der Waals surface area contributed by atoms with Gasteiger partial charge in [-0.05, 0) is 19.1 Å². The molecule has 1 fully saturated rings. The molecule has 0 atom stereocenters. The Morgan fingerprint density at radius 1 is 1.26 bits per heavy atom. The third-order valence-electron chi connectivity index (χ3n) is 2.99. The summed E-state index contributed by atoms with van der Waals surface area (Å²) in [6.45, 7) is 5.26. The van der Waals surface area contributed by atoms with Crippen LogP contribution in [0.25, 0.3) is 10.7 Å². The summed E-state index contributed by atoms with van der Waals surface area (Å²) in [6.07, 6.45) is 0. The highest BCUT2D eigenvalue weighted by molar-refractivity contribution is 7.13. The maximum Gasteiger partial charge on any atom is 0.142 e. The van der Waals surface area contributed by atoms with Gasteiger partial charge in [0.25, 0.3) is 0 Å². The molecule has 100 valence electrons. The van der Waals surface area contributed by atoms with Gasteiger partial charge in [-0.15, -0.1) is 11.3 Å². The van der Waals surface area contributed by atoms with Crippen LogP contribution in [0.2, 0.25) is 5.15 Å². The second-order valence-electron chi connectivity index (χ2n) is 4.43. The van der Waals surface area contributed by atoms with Crippen molar-refractivity contribution in [2.24, 2.45) is 0 Å². The molecule has 0 bridgehead atoms. The second kappa shape index (κ2) is 5.45. The van der Waals surface area contributed by atoms with Gasteiger partial charge in [0.05, 0.1) is 13.2 Å². The molecule has 0 spiro atoms. The van der Waals surface area contributed by atoms with Gasteiger partial charge < -0.3 is 9.64 Å². The summed E-state index contributed by atoms with van der Waals surface area (Å²) < 4.78 is 5.37. The largest absolute Gasteiger partial charge is 0.378 e. The fourth-order valence-electron chi connectivity index (χ4n) is 2.07. The predicted octanol–water partition coefficient (Wildman–Crippen LogP) is 3.00. The molecular formula is C13H14ClN3OS. The molecule has 0 aliphatic carbocycles. The first kappa shape index (κ1) is 12.8. The van der Waals surface area contributed by atoms with Crippen molar-refractivity contribution in [1.82, 2.24) is 9.97 Å². The molecule has 1 aliphatic heterocycles. The lowest BCUT2D eigenvalue weighted by atomic mass is 10.2. The van der Waals surface area contributed by atoms with Crippen molar-refractivity contribution < 1.29 is 4.74 Å². The molecule has 2 aromatic rings. The van der Waals surface area contributed by atoms with Gasteiger partial charge in [-0.2, -0.15) is 0 Å². The average molecular weight is 296 g/mol. The number of hydrogen-bond acceptors (Lipinski definition) is 5. The van der Waals surface area contributed by atoms with E-state index in [1.165, 1.54) is 0 Å². The molecule has 0 N–H and O–H groups in total. The number of aryl methyl sites for hydroxylation is 1. The number of pyridine rings is 1. The first-order chi connectivity index (χ1) is 9.22. The quantitative estimate of drug-likeness (QED) is 0.798. The molecule has 4 nitrogen and oxygen atoms in total. The maximum absolute atomic E-state index is 6.13. The molecule has 3 rings (SSSR count). The molecule has 0 saturated carbocycles. The summed E-state index contributed by atoms with van der Waals surface area (Å²) in [5.41, 5.74) is 2.94. The van der Waals surface area contributed by atoms with Gasteiger partial charge in [0.2, 0.25) is 0 Å². The number of halogens is 1. The number of anilines is 1. The van der Waals surface area contributed by atoms with Crippen LogP contribution in [0.3, 0.4) is 0 Å².